The van der Waals surface area contributed by atoms with Crippen LogP contribution in [0.15, 0.2) is 34.5 Å². The Balaban J connectivity index is 1.64. The molecule has 1 atom stereocenters. The number of hydrogen-bond donors (Lipinski definition) is 0. The Morgan fingerprint density at radius 3 is 2.86 bits per heavy atom. The molecule has 1 unspecified atom stereocenters. The summed E-state index contributed by atoms with van der Waals surface area (Å²) < 4.78 is 12.7. The van der Waals surface area contributed by atoms with Crippen molar-refractivity contribution in [1.29, 1.82) is 0 Å². The number of aromatic nitrogens is 3. The fraction of sp³-hybridized carbons (Fsp3) is 0.500. The summed E-state index contributed by atoms with van der Waals surface area (Å²) >= 11 is 1.59. The standard InChI is InChI=1S/C20H25N5O3S/c1-20(2,3)28-19(26)24-10-6-9-16(24)17-21-22-18-25(17)23-15(12-29-18)13-7-5-8-14(11-13)27-4/h5,7-8,11,16H,6,9-10,12H2,1-4H3. The molecule has 0 aliphatic carbocycles. The van der Waals surface area contributed by atoms with Crippen molar-refractivity contribution < 1.29 is 14.3 Å². The number of benzene rings is 1. The molecule has 154 valence electrons. The van der Waals surface area contributed by atoms with E-state index in [1.54, 1.807) is 28.4 Å². The lowest BCUT2D eigenvalue weighted by molar-refractivity contribution is 0.0215. The third-order valence-electron chi connectivity index (χ3n) is 4.78. The van der Waals surface area contributed by atoms with E-state index in [0.717, 1.165) is 35.0 Å². The van der Waals surface area contributed by atoms with Gasteiger partial charge in [0, 0.05) is 17.9 Å². The maximum Gasteiger partial charge on any atom is 0.410 e. The first-order valence-corrected chi connectivity index (χ1v) is 10.6. The van der Waals surface area contributed by atoms with Crippen molar-refractivity contribution >= 4 is 23.6 Å². The van der Waals surface area contributed by atoms with Crippen molar-refractivity contribution in [2.45, 2.75) is 50.4 Å². The maximum atomic E-state index is 12.7. The number of amides is 1. The summed E-state index contributed by atoms with van der Waals surface area (Å²) in [6, 6.07) is 7.65. The Hall–Kier alpha value is -2.55. The van der Waals surface area contributed by atoms with Gasteiger partial charge in [0.2, 0.25) is 5.16 Å². The van der Waals surface area contributed by atoms with Crippen molar-refractivity contribution in [2.75, 3.05) is 19.4 Å². The lowest BCUT2D eigenvalue weighted by Crippen LogP contribution is -2.37. The number of hydrogen-bond acceptors (Lipinski definition) is 7. The molecule has 1 amide bonds. The van der Waals surface area contributed by atoms with E-state index in [0.29, 0.717) is 18.1 Å². The molecule has 1 aromatic carbocycles. The molecule has 1 saturated heterocycles. The van der Waals surface area contributed by atoms with Gasteiger partial charge in [-0.1, -0.05) is 23.9 Å². The maximum absolute atomic E-state index is 12.7. The molecule has 2 aliphatic heterocycles. The zero-order valence-electron chi connectivity index (χ0n) is 17.1. The summed E-state index contributed by atoms with van der Waals surface area (Å²) in [6.45, 7) is 6.25. The van der Waals surface area contributed by atoms with Crippen LogP contribution in [0, 0.1) is 0 Å². The van der Waals surface area contributed by atoms with E-state index < -0.39 is 5.60 Å². The first kappa shape index (κ1) is 19.8. The van der Waals surface area contributed by atoms with Crippen LogP contribution in [-0.2, 0) is 4.74 Å². The molecule has 2 aliphatic rings. The zero-order chi connectivity index (χ0) is 20.6. The Kier molecular flexibility index (Phi) is 5.24. The van der Waals surface area contributed by atoms with Gasteiger partial charge >= 0.3 is 6.09 Å². The van der Waals surface area contributed by atoms with E-state index in [9.17, 15) is 4.79 Å². The number of nitrogens with zero attached hydrogens (tertiary/aromatic N) is 5. The summed E-state index contributed by atoms with van der Waals surface area (Å²) in [6.07, 6.45) is 1.38. The summed E-state index contributed by atoms with van der Waals surface area (Å²) in [5.74, 6) is 2.17. The third-order valence-corrected chi connectivity index (χ3v) is 5.71. The zero-order valence-corrected chi connectivity index (χ0v) is 17.9. The lowest BCUT2D eigenvalue weighted by Gasteiger charge is -2.28. The van der Waals surface area contributed by atoms with Gasteiger partial charge in [-0.15, -0.1) is 10.2 Å². The largest absolute Gasteiger partial charge is 0.497 e. The molecule has 4 rings (SSSR count). The molecule has 0 radical (unpaired) electrons. The highest BCUT2D eigenvalue weighted by Crippen LogP contribution is 2.35. The smallest absolute Gasteiger partial charge is 0.410 e. The number of methoxy groups -OCH3 is 1. The van der Waals surface area contributed by atoms with Crippen LogP contribution in [0.4, 0.5) is 4.79 Å². The van der Waals surface area contributed by atoms with Gasteiger partial charge in [0.15, 0.2) is 5.82 Å². The molecule has 2 aromatic rings. The highest BCUT2D eigenvalue weighted by atomic mass is 32.2. The molecular weight excluding hydrogens is 390 g/mol. The number of likely N-dealkylation sites (tertiary alicyclic amines) is 1. The fourth-order valence-electron chi connectivity index (χ4n) is 3.47. The van der Waals surface area contributed by atoms with E-state index in [1.807, 2.05) is 45.0 Å². The first-order chi connectivity index (χ1) is 13.9. The van der Waals surface area contributed by atoms with Crippen molar-refractivity contribution in [3.8, 4) is 5.75 Å². The topological polar surface area (TPSA) is 81.8 Å². The Morgan fingerprint density at radius 1 is 1.28 bits per heavy atom. The number of carbonyl (C=O) groups excluding carboxylic acids is 1. The average molecular weight is 416 g/mol. The van der Waals surface area contributed by atoms with Crippen molar-refractivity contribution in [3.05, 3.63) is 35.7 Å². The molecule has 0 saturated carbocycles. The van der Waals surface area contributed by atoms with Crippen LogP contribution in [0.5, 0.6) is 5.75 Å². The Labute approximate surface area is 174 Å². The van der Waals surface area contributed by atoms with Gasteiger partial charge in [-0.3, -0.25) is 4.90 Å². The molecule has 1 fully saturated rings. The van der Waals surface area contributed by atoms with E-state index >= 15 is 0 Å². The van der Waals surface area contributed by atoms with Crippen LogP contribution >= 0.6 is 11.8 Å². The summed E-state index contributed by atoms with van der Waals surface area (Å²) in [7, 11) is 1.65. The summed E-state index contributed by atoms with van der Waals surface area (Å²) in [4.78, 5) is 14.4. The number of carbonyl (C=O) groups is 1. The summed E-state index contributed by atoms with van der Waals surface area (Å²) in [5, 5.41) is 14.2. The van der Waals surface area contributed by atoms with E-state index in [2.05, 4.69) is 10.2 Å². The van der Waals surface area contributed by atoms with Crippen LogP contribution in [0.25, 0.3) is 0 Å². The van der Waals surface area contributed by atoms with Gasteiger partial charge in [0.05, 0.1) is 18.9 Å². The number of ether oxygens (including phenoxy) is 2. The minimum Gasteiger partial charge on any atom is -0.497 e. The normalized spacial score (nSPS) is 19.0. The number of rotatable bonds is 3. The van der Waals surface area contributed by atoms with Crippen molar-refractivity contribution in [3.63, 3.8) is 0 Å². The van der Waals surface area contributed by atoms with Crippen LogP contribution in [-0.4, -0.2) is 56.6 Å². The average Bonchev–Trinajstić information content (AvgIpc) is 3.32. The van der Waals surface area contributed by atoms with Crippen molar-refractivity contribution in [2.24, 2.45) is 5.10 Å². The van der Waals surface area contributed by atoms with E-state index in [1.165, 1.54) is 0 Å². The van der Waals surface area contributed by atoms with Gasteiger partial charge in [0.1, 0.15) is 11.4 Å². The van der Waals surface area contributed by atoms with Crippen LogP contribution < -0.4 is 4.74 Å². The van der Waals surface area contributed by atoms with Gasteiger partial charge < -0.3 is 9.47 Å². The predicted molar refractivity (Wildman–Crippen MR) is 111 cm³/mol. The number of fused-ring (bicyclic) bond motifs is 1. The molecular formula is C20H25N5O3S. The predicted octanol–water partition coefficient (Wildman–Crippen LogP) is 3.72. The van der Waals surface area contributed by atoms with Gasteiger partial charge in [0.25, 0.3) is 0 Å². The monoisotopic (exact) mass is 415 g/mol. The second-order valence-electron chi connectivity index (χ2n) is 8.05. The van der Waals surface area contributed by atoms with Gasteiger partial charge in [-0.25, -0.2) is 4.79 Å². The second-order valence-corrected chi connectivity index (χ2v) is 8.99. The highest BCUT2D eigenvalue weighted by molar-refractivity contribution is 7.99. The van der Waals surface area contributed by atoms with Crippen LogP contribution in [0.3, 0.4) is 0 Å². The Morgan fingerprint density at radius 2 is 2.10 bits per heavy atom. The number of thioether (sulfide) groups is 1. The molecule has 29 heavy (non-hydrogen) atoms. The minimum absolute atomic E-state index is 0.194. The van der Waals surface area contributed by atoms with Crippen molar-refractivity contribution in [1.82, 2.24) is 19.8 Å². The molecule has 9 heteroatoms. The van der Waals surface area contributed by atoms with E-state index in [4.69, 9.17) is 14.6 Å². The second kappa shape index (κ2) is 7.70. The first-order valence-electron chi connectivity index (χ1n) is 9.66. The SMILES string of the molecule is COc1cccc(C2=Nn3c(nnc3C3CCCN3C(=O)OC(C)(C)C)SC2)c1. The van der Waals surface area contributed by atoms with Crippen LogP contribution in [0.1, 0.15) is 51.0 Å². The lowest BCUT2D eigenvalue weighted by atomic mass is 10.1. The quantitative estimate of drug-likeness (QED) is 0.760. The minimum atomic E-state index is -0.540. The van der Waals surface area contributed by atoms with E-state index in [-0.39, 0.29) is 12.1 Å². The molecule has 0 spiro atoms. The van der Waals surface area contributed by atoms with Gasteiger partial charge in [-0.2, -0.15) is 9.78 Å². The summed E-state index contributed by atoms with van der Waals surface area (Å²) in [5.41, 5.74) is 1.38. The van der Waals surface area contributed by atoms with Crippen LogP contribution in [0.2, 0.25) is 0 Å². The Bertz CT molecular complexity index is 950. The highest BCUT2D eigenvalue weighted by Gasteiger charge is 2.37. The fourth-order valence-corrected chi connectivity index (χ4v) is 4.31. The third kappa shape index (κ3) is 4.10. The molecule has 0 bridgehead atoms. The van der Waals surface area contributed by atoms with Gasteiger partial charge in [-0.05, 0) is 45.7 Å². The molecule has 0 N–H and O–H groups in total. The molecule has 8 nitrogen and oxygen atoms in total. The molecule has 3 heterocycles. The molecule has 1 aromatic heterocycles.